The summed E-state index contributed by atoms with van der Waals surface area (Å²) in [5.41, 5.74) is 0. The first kappa shape index (κ1) is 16.8. The Balaban J connectivity index is 2.46. The van der Waals surface area contributed by atoms with Gasteiger partial charge in [0.25, 0.3) is 0 Å². The topological polar surface area (TPSA) is 36.4 Å². The van der Waals surface area contributed by atoms with E-state index in [0.717, 1.165) is 31.9 Å². The summed E-state index contributed by atoms with van der Waals surface area (Å²) in [5.74, 6) is 0.915. The van der Waals surface area contributed by atoms with Gasteiger partial charge in [-0.25, -0.2) is 0 Å². The number of aliphatic imine (C=N–C) groups is 1. The van der Waals surface area contributed by atoms with Gasteiger partial charge in [-0.1, -0.05) is 12.2 Å². The Morgan fingerprint density at radius 2 is 2.25 bits per heavy atom. The molecule has 0 fully saturated rings. The lowest BCUT2D eigenvalue weighted by Crippen LogP contribution is -2.43. The lowest BCUT2D eigenvalue weighted by Gasteiger charge is -2.17. The van der Waals surface area contributed by atoms with Crippen LogP contribution in [0.2, 0.25) is 0 Å². The van der Waals surface area contributed by atoms with E-state index in [4.69, 9.17) is 0 Å². The maximum atomic E-state index is 4.58. The summed E-state index contributed by atoms with van der Waals surface area (Å²) in [4.78, 5) is 7.38. The lowest BCUT2D eigenvalue weighted by molar-refractivity contribution is 0.645. The molecule has 0 aliphatic heterocycles. The molecule has 112 valence electrons. The highest BCUT2D eigenvalue weighted by Gasteiger charge is 2.07. The first-order chi connectivity index (χ1) is 9.65. The molecule has 1 heterocycles. The normalized spacial score (nSPS) is 13.7. The van der Waals surface area contributed by atoms with Crippen molar-refractivity contribution >= 4 is 17.3 Å². The summed E-state index contributed by atoms with van der Waals surface area (Å²) in [6.07, 6.45) is 6.24. The molecule has 0 amide bonds. The average molecular weight is 293 g/mol. The molecule has 20 heavy (non-hydrogen) atoms. The van der Waals surface area contributed by atoms with E-state index in [2.05, 4.69) is 60.7 Å². The van der Waals surface area contributed by atoms with Crippen molar-refractivity contribution < 1.29 is 0 Å². The monoisotopic (exact) mass is 293 g/mol. The summed E-state index contributed by atoms with van der Waals surface area (Å²) >= 11 is 1.87. The standard InChI is InChI=1S/C16H27N3S/c1-5-7-8-11-18-16(17-6-2)19-13(3)12-15-10-9-14(4)20-15/h5,7,9-10,13H,6,8,11-12H2,1-4H3,(H2,17,18,19)/b7-5+. The summed E-state index contributed by atoms with van der Waals surface area (Å²) in [6.45, 7) is 10.2. The van der Waals surface area contributed by atoms with Gasteiger partial charge in [-0.3, -0.25) is 4.99 Å². The number of thiophene rings is 1. The van der Waals surface area contributed by atoms with Gasteiger partial charge in [0.2, 0.25) is 0 Å². The highest BCUT2D eigenvalue weighted by Crippen LogP contribution is 2.16. The second kappa shape index (κ2) is 9.59. The highest BCUT2D eigenvalue weighted by molar-refractivity contribution is 7.11. The van der Waals surface area contributed by atoms with Gasteiger partial charge in [-0.2, -0.15) is 0 Å². The number of hydrogen-bond acceptors (Lipinski definition) is 2. The zero-order valence-corrected chi connectivity index (χ0v) is 13.9. The zero-order valence-electron chi connectivity index (χ0n) is 13.1. The van der Waals surface area contributed by atoms with E-state index >= 15 is 0 Å². The van der Waals surface area contributed by atoms with Crippen LogP contribution >= 0.6 is 11.3 Å². The SMILES string of the molecule is C/C=C/CCN=C(NCC)NC(C)Cc1ccc(C)s1. The molecule has 0 bridgehead atoms. The number of nitrogens with one attached hydrogen (secondary N) is 2. The van der Waals surface area contributed by atoms with Crippen LogP contribution in [0.1, 0.15) is 36.9 Å². The summed E-state index contributed by atoms with van der Waals surface area (Å²) in [6, 6.07) is 4.78. The van der Waals surface area contributed by atoms with Crippen LogP contribution in [0.25, 0.3) is 0 Å². The van der Waals surface area contributed by atoms with Crippen LogP contribution in [-0.2, 0) is 6.42 Å². The lowest BCUT2D eigenvalue weighted by atomic mass is 10.2. The molecular weight excluding hydrogens is 266 g/mol. The fourth-order valence-electron chi connectivity index (χ4n) is 1.92. The van der Waals surface area contributed by atoms with Gasteiger partial charge < -0.3 is 10.6 Å². The number of guanidine groups is 1. The molecular formula is C16H27N3S. The third-order valence-electron chi connectivity index (χ3n) is 2.83. The molecule has 0 saturated heterocycles. The highest BCUT2D eigenvalue weighted by atomic mass is 32.1. The molecule has 1 unspecified atom stereocenters. The fraction of sp³-hybridized carbons (Fsp3) is 0.562. The van der Waals surface area contributed by atoms with Gasteiger partial charge >= 0.3 is 0 Å². The van der Waals surface area contributed by atoms with Crippen molar-refractivity contribution in [3.63, 3.8) is 0 Å². The quantitative estimate of drug-likeness (QED) is 0.349. The first-order valence-electron chi connectivity index (χ1n) is 7.37. The molecule has 0 spiro atoms. The average Bonchev–Trinajstić information content (AvgIpc) is 2.80. The van der Waals surface area contributed by atoms with Crippen LogP contribution < -0.4 is 10.6 Å². The largest absolute Gasteiger partial charge is 0.357 e. The first-order valence-corrected chi connectivity index (χ1v) is 8.18. The molecule has 0 aliphatic rings. The van der Waals surface area contributed by atoms with Gasteiger partial charge in [-0.15, -0.1) is 11.3 Å². The van der Waals surface area contributed by atoms with E-state index in [1.807, 2.05) is 18.3 Å². The van der Waals surface area contributed by atoms with E-state index in [-0.39, 0.29) is 0 Å². The minimum absolute atomic E-state index is 0.382. The van der Waals surface area contributed by atoms with Crippen molar-refractivity contribution in [1.29, 1.82) is 0 Å². The summed E-state index contributed by atoms with van der Waals surface area (Å²) < 4.78 is 0. The van der Waals surface area contributed by atoms with Crippen molar-refractivity contribution in [3.05, 3.63) is 34.0 Å². The van der Waals surface area contributed by atoms with Crippen molar-refractivity contribution in [2.24, 2.45) is 4.99 Å². The maximum Gasteiger partial charge on any atom is 0.191 e. The van der Waals surface area contributed by atoms with Crippen LogP contribution in [0.4, 0.5) is 0 Å². The molecule has 3 nitrogen and oxygen atoms in total. The number of aryl methyl sites for hydroxylation is 1. The van der Waals surface area contributed by atoms with Crippen molar-refractivity contribution in [1.82, 2.24) is 10.6 Å². The fourth-order valence-corrected chi connectivity index (χ4v) is 2.94. The Labute approximate surface area is 127 Å². The Morgan fingerprint density at radius 3 is 2.85 bits per heavy atom. The van der Waals surface area contributed by atoms with Crippen LogP contribution in [0.3, 0.4) is 0 Å². The van der Waals surface area contributed by atoms with Crippen molar-refractivity contribution in [3.8, 4) is 0 Å². The van der Waals surface area contributed by atoms with E-state index in [1.165, 1.54) is 9.75 Å². The Hall–Kier alpha value is -1.29. The molecule has 1 aromatic heterocycles. The third-order valence-corrected chi connectivity index (χ3v) is 3.86. The molecule has 1 rings (SSSR count). The molecule has 0 radical (unpaired) electrons. The van der Waals surface area contributed by atoms with Gasteiger partial charge in [0.1, 0.15) is 0 Å². The van der Waals surface area contributed by atoms with E-state index in [1.54, 1.807) is 0 Å². The van der Waals surface area contributed by atoms with Gasteiger partial charge in [0, 0.05) is 35.3 Å². The summed E-state index contributed by atoms with van der Waals surface area (Å²) in [5, 5.41) is 6.77. The molecule has 1 aromatic rings. The van der Waals surface area contributed by atoms with Crippen molar-refractivity contribution in [2.75, 3.05) is 13.1 Å². The van der Waals surface area contributed by atoms with Crippen LogP contribution in [0.5, 0.6) is 0 Å². The molecule has 0 aromatic carbocycles. The van der Waals surface area contributed by atoms with E-state index in [9.17, 15) is 0 Å². The second-order valence-electron chi connectivity index (χ2n) is 4.88. The van der Waals surface area contributed by atoms with E-state index < -0.39 is 0 Å². The predicted octanol–water partition coefficient (Wildman–Crippen LogP) is 3.51. The zero-order chi connectivity index (χ0) is 14.8. The van der Waals surface area contributed by atoms with Crippen molar-refractivity contribution in [2.45, 2.75) is 46.6 Å². The van der Waals surface area contributed by atoms with Crippen LogP contribution in [-0.4, -0.2) is 25.1 Å². The molecule has 1 atom stereocenters. The Morgan fingerprint density at radius 1 is 1.45 bits per heavy atom. The van der Waals surface area contributed by atoms with E-state index in [0.29, 0.717) is 6.04 Å². The molecule has 4 heteroatoms. The third kappa shape index (κ3) is 6.75. The maximum absolute atomic E-state index is 4.58. The minimum Gasteiger partial charge on any atom is -0.357 e. The predicted molar refractivity (Wildman–Crippen MR) is 90.8 cm³/mol. The molecule has 0 aliphatic carbocycles. The second-order valence-corrected chi connectivity index (χ2v) is 6.25. The molecule has 0 saturated carbocycles. The number of allylic oxidation sites excluding steroid dienone is 1. The number of rotatable bonds is 7. The Bertz CT molecular complexity index is 435. The smallest absolute Gasteiger partial charge is 0.191 e. The number of hydrogen-bond donors (Lipinski definition) is 2. The Kier molecular flexibility index (Phi) is 8.04. The van der Waals surface area contributed by atoms with Gasteiger partial charge in [0.05, 0.1) is 0 Å². The number of nitrogens with zero attached hydrogens (tertiary/aromatic N) is 1. The summed E-state index contributed by atoms with van der Waals surface area (Å²) in [7, 11) is 0. The minimum atomic E-state index is 0.382. The van der Waals surface area contributed by atoms with Crippen LogP contribution in [0, 0.1) is 6.92 Å². The van der Waals surface area contributed by atoms with Gasteiger partial charge in [-0.05, 0) is 46.2 Å². The molecule has 2 N–H and O–H groups in total. The van der Waals surface area contributed by atoms with Gasteiger partial charge in [0.15, 0.2) is 5.96 Å². The van der Waals surface area contributed by atoms with Crippen LogP contribution in [0.15, 0.2) is 29.3 Å².